The van der Waals surface area contributed by atoms with Gasteiger partial charge in [0, 0.05) is 13.1 Å². The van der Waals surface area contributed by atoms with Crippen LogP contribution in [0.5, 0.6) is 0 Å². The first-order chi connectivity index (χ1) is 7.16. The molecule has 0 spiro atoms. The first kappa shape index (κ1) is 9.99. The molecule has 8 heteroatoms. The fourth-order valence-electron chi connectivity index (χ4n) is 1.46. The molecular weight excluding hydrogens is 202 g/mol. The first-order valence-electron chi connectivity index (χ1n) is 4.51. The van der Waals surface area contributed by atoms with Crippen molar-refractivity contribution in [1.82, 2.24) is 25.1 Å². The number of aliphatic hydroxyl groups excluding tert-OH is 2. The normalized spacial score (nSPS) is 25.9. The van der Waals surface area contributed by atoms with Crippen LogP contribution in [0.15, 0.2) is 6.33 Å². The number of hydrogen-bond donors (Lipinski definition) is 2. The maximum absolute atomic E-state index is 11.6. The number of rotatable bonds is 2. The summed E-state index contributed by atoms with van der Waals surface area (Å²) in [5, 5.41) is 28.8. The Labute approximate surface area is 85.1 Å². The molecule has 2 rings (SSSR count). The zero-order valence-electron chi connectivity index (χ0n) is 7.89. The third kappa shape index (κ3) is 2.10. The van der Waals surface area contributed by atoms with Crippen molar-refractivity contribution in [2.45, 2.75) is 18.8 Å². The second-order valence-electron chi connectivity index (χ2n) is 3.44. The molecule has 0 bridgehead atoms. The van der Waals surface area contributed by atoms with Crippen molar-refractivity contribution >= 4 is 5.91 Å². The van der Waals surface area contributed by atoms with Gasteiger partial charge in [0.1, 0.15) is 12.9 Å². The van der Waals surface area contributed by atoms with E-state index < -0.39 is 12.2 Å². The number of amides is 1. The van der Waals surface area contributed by atoms with E-state index in [0.29, 0.717) is 0 Å². The molecule has 0 unspecified atom stereocenters. The van der Waals surface area contributed by atoms with E-state index in [4.69, 9.17) is 0 Å². The Bertz CT molecular complexity index is 330. The van der Waals surface area contributed by atoms with Gasteiger partial charge in [-0.15, -0.1) is 5.10 Å². The minimum absolute atomic E-state index is 0.0203. The van der Waals surface area contributed by atoms with Crippen LogP contribution < -0.4 is 0 Å². The van der Waals surface area contributed by atoms with Crippen molar-refractivity contribution in [2.24, 2.45) is 0 Å². The highest BCUT2D eigenvalue weighted by molar-refractivity contribution is 5.76. The van der Waals surface area contributed by atoms with E-state index >= 15 is 0 Å². The summed E-state index contributed by atoms with van der Waals surface area (Å²) in [6.07, 6.45) is -0.383. The first-order valence-corrected chi connectivity index (χ1v) is 4.51. The van der Waals surface area contributed by atoms with Crippen molar-refractivity contribution in [3.8, 4) is 0 Å². The Morgan fingerprint density at radius 2 is 2.07 bits per heavy atom. The van der Waals surface area contributed by atoms with E-state index in [1.54, 1.807) is 0 Å². The third-order valence-electron chi connectivity index (χ3n) is 2.30. The summed E-state index contributed by atoms with van der Waals surface area (Å²) in [4.78, 5) is 13.0. The van der Waals surface area contributed by atoms with E-state index in [1.165, 1.54) is 15.9 Å². The standard InChI is InChI=1S/C7H11N5O3/c13-5-1-11(2-6(5)14)7(15)3-12-4-8-9-10-12/h4-6,13-14H,1-3H2/t5-,6+. The maximum Gasteiger partial charge on any atom is 0.244 e. The van der Waals surface area contributed by atoms with Crippen molar-refractivity contribution < 1.29 is 15.0 Å². The number of hydrogen-bond acceptors (Lipinski definition) is 6. The number of carbonyl (C=O) groups is 1. The van der Waals surface area contributed by atoms with Gasteiger partial charge in [0.05, 0.1) is 12.2 Å². The van der Waals surface area contributed by atoms with Gasteiger partial charge >= 0.3 is 0 Å². The number of β-amino-alcohol motifs (C(OH)–C–C–N with tert-alkyl or cyclic N) is 2. The van der Waals surface area contributed by atoms with Gasteiger partial charge in [-0.25, -0.2) is 4.68 Å². The van der Waals surface area contributed by atoms with Crippen LogP contribution >= 0.6 is 0 Å². The summed E-state index contributed by atoms with van der Waals surface area (Å²) >= 11 is 0. The lowest BCUT2D eigenvalue weighted by Crippen LogP contribution is -2.33. The van der Waals surface area contributed by atoms with E-state index in [9.17, 15) is 15.0 Å². The summed E-state index contributed by atoms with van der Waals surface area (Å²) in [5.74, 6) is -0.224. The predicted octanol–water partition coefficient (Wildman–Crippen LogP) is -2.76. The Balaban J connectivity index is 1.92. The molecule has 0 saturated carbocycles. The zero-order chi connectivity index (χ0) is 10.8. The fourth-order valence-corrected chi connectivity index (χ4v) is 1.46. The van der Waals surface area contributed by atoms with Gasteiger partial charge in [-0.05, 0) is 10.4 Å². The average Bonchev–Trinajstić information content (AvgIpc) is 2.78. The molecule has 1 aromatic rings. The average molecular weight is 213 g/mol. The van der Waals surface area contributed by atoms with Gasteiger partial charge in [-0.1, -0.05) is 0 Å². The van der Waals surface area contributed by atoms with Gasteiger partial charge in [-0.2, -0.15) is 0 Å². The van der Waals surface area contributed by atoms with Gasteiger partial charge in [0.2, 0.25) is 5.91 Å². The van der Waals surface area contributed by atoms with Crippen molar-refractivity contribution in [2.75, 3.05) is 13.1 Å². The monoisotopic (exact) mass is 213 g/mol. The van der Waals surface area contributed by atoms with Crippen LogP contribution in [0.4, 0.5) is 0 Å². The van der Waals surface area contributed by atoms with Crippen LogP contribution in [0.1, 0.15) is 0 Å². The molecule has 1 saturated heterocycles. The molecule has 82 valence electrons. The summed E-state index contributed by atoms with van der Waals surface area (Å²) in [5.41, 5.74) is 0. The van der Waals surface area contributed by atoms with E-state index in [0.717, 1.165) is 0 Å². The zero-order valence-corrected chi connectivity index (χ0v) is 7.89. The molecule has 15 heavy (non-hydrogen) atoms. The number of aromatic nitrogens is 4. The van der Waals surface area contributed by atoms with E-state index in [1.807, 2.05) is 0 Å². The van der Waals surface area contributed by atoms with Crippen molar-refractivity contribution in [3.63, 3.8) is 0 Å². The van der Waals surface area contributed by atoms with Crippen LogP contribution in [0.25, 0.3) is 0 Å². The molecular formula is C7H11N5O3. The van der Waals surface area contributed by atoms with Gasteiger partial charge in [-0.3, -0.25) is 4.79 Å². The second-order valence-corrected chi connectivity index (χ2v) is 3.44. The Morgan fingerprint density at radius 3 is 2.60 bits per heavy atom. The lowest BCUT2D eigenvalue weighted by atomic mass is 10.3. The van der Waals surface area contributed by atoms with Gasteiger partial charge in [0.15, 0.2) is 0 Å². The number of carbonyl (C=O) groups excluding carboxylic acids is 1. The summed E-state index contributed by atoms with van der Waals surface area (Å²) in [6, 6.07) is 0. The third-order valence-corrected chi connectivity index (χ3v) is 2.30. The van der Waals surface area contributed by atoms with Crippen molar-refractivity contribution in [3.05, 3.63) is 6.33 Å². The maximum atomic E-state index is 11.6. The number of aliphatic hydroxyl groups is 2. The molecule has 1 aliphatic rings. The lowest BCUT2D eigenvalue weighted by Gasteiger charge is -2.14. The molecule has 1 amide bonds. The topological polar surface area (TPSA) is 104 Å². The molecule has 1 aliphatic heterocycles. The minimum Gasteiger partial charge on any atom is -0.388 e. The highest BCUT2D eigenvalue weighted by Crippen LogP contribution is 2.10. The fraction of sp³-hybridized carbons (Fsp3) is 0.714. The largest absolute Gasteiger partial charge is 0.388 e. The van der Waals surface area contributed by atoms with Crippen LogP contribution in [0.3, 0.4) is 0 Å². The van der Waals surface area contributed by atoms with Crippen LogP contribution in [-0.4, -0.2) is 66.5 Å². The molecule has 1 fully saturated rings. The highest BCUT2D eigenvalue weighted by Gasteiger charge is 2.32. The number of nitrogens with zero attached hydrogens (tertiary/aromatic N) is 5. The molecule has 2 atom stereocenters. The second kappa shape index (κ2) is 3.91. The SMILES string of the molecule is O=C(Cn1cnnn1)N1C[C@@H](O)[C@@H](O)C1. The molecule has 0 aliphatic carbocycles. The summed E-state index contributed by atoms with van der Waals surface area (Å²) in [7, 11) is 0. The Kier molecular flexibility index (Phi) is 2.60. The molecule has 2 heterocycles. The Morgan fingerprint density at radius 1 is 1.40 bits per heavy atom. The van der Waals surface area contributed by atoms with Crippen LogP contribution in [0.2, 0.25) is 0 Å². The molecule has 0 radical (unpaired) electrons. The van der Waals surface area contributed by atoms with Crippen molar-refractivity contribution in [1.29, 1.82) is 0 Å². The Hall–Kier alpha value is -1.54. The molecule has 0 aromatic carbocycles. The number of tetrazole rings is 1. The predicted molar refractivity (Wildman–Crippen MR) is 46.4 cm³/mol. The smallest absolute Gasteiger partial charge is 0.244 e. The highest BCUT2D eigenvalue weighted by atomic mass is 16.3. The molecule has 8 nitrogen and oxygen atoms in total. The summed E-state index contributed by atoms with van der Waals surface area (Å²) < 4.78 is 1.29. The summed E-state index contributed by atoms with van der Waals surface area (Å²) in [6.45, 7) is 0.330. The minimum atomic E-state index is -0.858. The van der Waals surface area contributed by atoms with E-state index in [-0.39, 0.29) is 25.5 Å². The van der Waals surface area contributed by atoms with Crippen LogP contribution in [0, 0.1) is 0 Å². The van der Waals surface area contributed by atoms with Gasteiger partial charge in [0.25, 0.3) is 0 Å². The number of likely N-dealkylation sites (tertiary alicyclic amines) is 1. The lowest BCUT2D eigenvalue weighted by molar-refractivity contribution is -0.131. The molecule has 1 aromatic heterocycles. The van der Waals surface area contributed by atoms with E-state index in [2.05, 4.69) is 15.5 Å². The molecule has 2 N–H and O–H groups in total. The van der Waals surface area contributed by atoms with Crippen LogP contribution in [-0.2, 0) is 11.3 Å². The van der Waals surface area contributed by atoms with Gasteiger partial charge < -0.3 is 15.1 Å². The quantitative estimate of drug-likeness (QED) is 0.551.